The lowest BCUT2D eigenvalue weighted by Gasteiger charge is -2.13. The maximum absolute atomic E-state index is 9.89. The van der Waals surface area contributed by atoms with Crippen LogP contribution in [0.5, 0.6) is 11.5 Å². The van der Waals surface area contributed by atoms with Crippen LogP contribution in [0.3, 0.4) is 0 Å². The van der Waals surface area contributed by atoms with E-state index in [0.717, 1.165) is 5.56 Å². The van der Waals surface area contributed by atoms with Crippen LogP contribution in [0.2, 0.25) is 0 Å². The van der Waals surface area contributed by atoms with Gasteiger partial charge in [0.25, 0.3) is 0 Å². The van der Waals surface area contributed by atoms with Gasteiger partial charge in [0, 0.05) is 34.0 Å². The van der Waals surface area contributed by atoms with Crippen LogP contribution in [0.4, 0.5) is 0 Å². The first kappa shape index (κ1) is 13.9. The van der Waals surface area contributed by atoms with Gasteiger partial charge in [-0.05, 0) is 32.0 Å². The molecule has 1 atom stereocenters. The monoisotopic (exact) mass is 277 g/mol. The summed E-state index contributed by atoms with van der Waals surface area (Å²) < 4.78 is 5.07. The van der Waals surface area contributed by atoms with Crippen molar-refractivity contribution >= 4 is 11.3 Å². The highest BCUT2D eigenvalue weighted by Crippen LogP contribution is 2.25. The van der Waals surface area contributed by atoms with Crippen molar-refractivity contribution in [1.82, 2.24) is 5.32 Å². The Morgan fingerprint density at radius 1 is 1.32 bits per heavy atom. The summed E-state index contributed by atoms with van der Waals surface area (Å²) in [5.41, 5.74) is 0.876. The first-order valence-corrected chi connectivity index (χ1v) is 7.07. The van der Waals surface area contributed by atoms with E-state index in [2.05, 4.69) is 31.3 Å². The molecule has 4 heteroatoms. The van der Waals surface area contributed by atoms with Gasteiger partial charge in [0.15, 0.2) is 0 Å². The number of rotatable bonds is 5. The number of methoxy groups -OCH3 is 1. The highest BCUT2D eigenvalue weighted by Gasteiger charge is 2.09. The number of hydrogen-bond donors (Lipinski definition) is 2. The molecule has 1 aromatic heterocycles. The molecule has 0 bridgehead atoms. The van der Waals surface area contributed by atoms with E-state index in [-0.39, 0.29) is 11.8 Å². The third kappa shape index (κ3) is 3.49. The molecule has 2 rings (SSSR count). The molecular weight excluding hydrogens is 258 g/mol. The molecule has 0 aliphatic rings. The third-order valence-electron chi connectivity index (χ3n) is 3.08. The molecule has 0 spiro atoms. The summed E-state index contributed by atoms with van der Waals surface area (Å²) in [6, 6.07) is 9.93. The van der Waals surface area contributed by atoms with E-state index in [1.165, 1.54) is 9.75 Å². The molecular formula is C15H19NO2S. The minimum Gasteiger partial charge on any atom is -0.507 e. The number of nitrogens with one attached hydrogen (secondary N) is 1. The quantitative estimate of drug-likeness (QED) is 0.877. The summed E-state index contributed by atoms with van der Waals surface area (Å²) >= 11 is 1.80. The number of thiophene rings is 1. The van der Waals surface area contributed by atoms with Crippen LogP contribution in [0.15, 0.2) is 30.3 Å². The first-order valence-electron chi connectivity index (χ1n) is 6.25. The van der Waals surface area contributed by atoms with Gasteiger partial charge >= 0.3 is 0 Å². The van der Waals surface area contributed by atoms with Gasteiger partial charge in [-0.2, -0.15) is 0 Å². The molecule has 2 N–H and O–H groups in total. The van der Waals surface area contributed by atoms with Crippen molar-refractivity contribution in [1.29, 1.82) is 0 Å². The van der Waals surface area contributed by atoms with Gasteiger partial charge in [-0.25, -0.2) is 0 Å². The Hall–Kier alpha value is -1.52. The molecule has 19 heavy (non-hydrogen) atoms. The lowest BCUT2D eigenvalue weighted by Crippen LogP contribution is -2.17. The van der Waals surface area contributed by atoms with Gasteiger partial charge in [-0.3, -0.25) is 0 Å². The molecule has 0 saturated carbocycles. The molecule has 102 valence electrons. The average Bonchev–Trinajstić information content (AvgIpc) is 2.83. The second-order valence-corrected chi connectivity index (χ2v) is 5.87. The molecule has 1 unspecified atom stereocenters. The van der Waals surface area contributed by atoms with E-state index < -0.39 is 0 Å². The van der Waals surface area contributed by atoms with Gasteiger partial charge in [0.05, 0.1) is 7.11 Å². The maximum atomic E-state index is 9.89. The molecule has 2 aromatic rings. The molecule has 0 aliphatic carbocycles. The van der Waals surface area contributed by atoms with Gasteiger partial charge in [0.2, 0.25) is 0 Å². The van der Waals surface area contributed by atoms with Gasteiger partial charge < -0.3 is 15.2 Å². The van der Waals surface area contributed by atoms with E-state index >= 15 is 0 Å². The van der Waals surface area contributed by atoms with Crippen molar-refractivity contribution in [3.8, 4) is 11.5 Å². The van der Waals surface area contributed by atoms with Crippen molar-refractivity contribution < 1.29 is 9.84 Å². The van der Waals surface area contributed by atoms with Gasteiger partial charge in [0.1, 0.15) is 11.5 Å². The molecule has 3 nitrogen and oxygen atoms in total. The Labute approximate surface area is 117 Å². The molecule has 1 aromatic carbocycles. The smallest absolute Gasteiger partial charge is 0.123 e. The van der Waals surface area contributed by atoms with Crippen molar-refractivity contribution in [2.24, 2.45) is 0 Å². The Balaban J connectivity index is 1.98. The molecule has 0 fully saturated rings. The van der Waals surface area contributed by atoms with E-state index in [9.17, 15) is 5.11 Å². The molecule has 0 saturated heterocycles. The predicted molar refractivity (Wildman–Crippen MR) is 79.0 cm³/mol. The van der Waals surface area contributed by atoms with Gasteiger partial charge in [-0.15, -0.1) is 11.3 Å². The number of benzene rings is 1. The SMILES string of the molecule is COc1ccc(CNC(C)c2ccc(C)s2)c(O)c1. The van der Waals surface area contributed by atoms with Gasteiger partial charge in [-0.1, -0.05) is 6.07 Å². The molecule has 0 aliphatic heterocycles. The summed E-state index contributed by atoms with van der Waals surface area (Å²) in [5, 5.41) is 13.3. The van der Waals surface area contributed by atoms with Crippen LogP contribution in [-0.2, 0) is 6.54 Å². The predicted octanol–water partition coefficient (Wildman–Crippen LogP) is 3.62. The fourth-order valence-corrected chi connectivity index (χ4v) is 2.77. The second-order valence-electron chi connectivity index (χ2n) is 4.55. The van der Waals surface area contributed by atoms with Crippen molar-refractivity contribution in [2.45, 2.75) is 26.4 Å². The van der Waals surface area contributed by atoms with Crippen LogP contribution < -0.4 is 10.1 Å². The molecule has 1 heterocycles. The summed E-state index contributed by atoms with van der Waals surface area (Å²) in [6.45, 7) is 4.87. The standard InChI is InChI=1S/C15H19NO2S/c1-10-4-7-15(19-10)11(2)16-9-12-5-6-13(18-3)8-14(12)17/h4-8,11,16-17H,9H2,1-3H3. The fourth-order valence-electron chi connectivity index (χ4n) is 1.87. The Morgan fingerprint density at radius 3 is 2.68 bits per heavy atom. The van der Waals surface area contributed by atoms with Crippen LogP contribution in [-0.4, -0.2) is 12.2 Å². The summed E-state index contributed by atoms with van der Waals surface area (Å²) in [7, 11) is 1.59. The Morgan fingerprint density at radius 2 is 2.11 bits per heavy atom. The van der Waals surface area contributed by atoms with Crippen molar-refractivity contribution in [3.05, 3.63) is 45.6 Å². The topological polar surface area (TPSA) is 41.5 Å². The lowest BCUT2D eigenvalue weighted by atomic mass is 10.1. The Bertz CT molecular complexity index is 551. The minimum atomic E-state index is 0.265. The summed E-state index contributed by atoms with van der Waals surface area (Å²) in [5.74, 6) is 0.935. The van der Waals surface area contributed by atoms with E-state index in [1.54, 1.807) is 24.5 Å². The highest BCUT2D eigenvalue weighted by molar-refractivity contribution is 7.12. The maximum Gasteiger partial charge on any atom is 0.123 e. The van der Waals surface area contributed by atoms with E-state index in [1.807, 2.05) is 12.1 Å². The minimum absolute atomic E-state index is 0.265. The fraction of sp³-hybridized carbons (Fsp3) is 0.333. The largest absolute Gasteiger partial charge is 0.507 e. The van der Waals surface area contributed by atoms with Crippen molar-refractivity contribution in [2.75, 3.05) is 7.11 Å². The first-order chi connectivity index (χ1) is 9.10. The normalized spacial score (nSPS) is 12.4. The number of aryl methyl sites for hydroxylation is 1. The number of ether oxygens (including phenoxy) is 1. The zero-order valence-corrected chi connectivity index (χ0v) is 12.3. The van der Waals surface area contributed by atoms with Crippen LogP contribution >= 0.6 is 11.3 Å². The van der Waals surface area contributed by atoms with Crippen LogP contribution in [0.1, 0.15) is 28.3 Å². The van der Waals surface area contributed by atoms with Crippen LogP contribution in [0.25, 0.3) is 0 Å². The van der Waals surface area contributed by atoms with Crippen LogP contribution in [0, 0.1) is 6.92 Å². The second kappa shape index (κ2) is 6.08. The number of phenolic OH excluding ortho intramolecular Hbond substituents is 1. The number of hydrogen-bond acceptors (Lipinski definition) is 4. The number of phenols is 1. The zero-order valence-electron chi connectivity index (χ0n) is 11.4. The highest BCUT2D eigenvalue weighted by atomic mass is 32.1. The molecule has 0 amide bonds. The molecule has 0 radical (unpaired) electrons. The summed E-state index contributed by atoms with van der Waals surface area (Å²) in [6.07, 6.45) is 0. The number of aromatic hydroxyl groups is 1. The Kier molecular flexibility index (Phi) is 4.45. The average molecular weight is 277 g/mol. The van der Waals surface area contributed by atoms with Crippen molar-refractivity contribution in [3.63, 3.8) is 0 Å². The lowest BCUT2D eigenvalue weighted by molar-refractivity contribution is 0.405. The summed E-state index contributed by atoms with van der Waals surface area (Å²) in [4.78, 5) is 2.63. The zero-order chi connectivity index (χ0) is 13.8. The third-order valence-corrected chi connectivity index (χ3v) is 4.26. The van der Waals surface area contributed by atoms with E-state index in [0.29, 0.717) is 12.3 Å². The van der Waals surface area contributed by atoms with E-state index in [4.69, 9.17) is 4.74 Å².